The van der Waals surface area contributed by atoms with E-state index in [2.05, 4.69) is 13.8 Å². The third-order valence-electron chi connectivity index (χ3n) is 3.57. The van der Waals surface area contributed by atoms with Gasteiger partial charge in [-0.15, -0.1) is 0 Å². The first-order valence-corrected chi connectivity index (χ1v) is 6.96. The number of aliphatic hydroxyl groups excluding tert-OH is 2. The third-order valence-corrected chi connectivity index (χ3v) is 3.57. The lowest BCUT2D eigenvalue weighted by atomic mass is 9.75. The van der Waals surface area contributed by atoms with Crippen molar-refractivity contribution in [1.29, 1.82) is 0 Å². The molecule has 0 aromatic heterocycles. The molecule has 98 valence electrons. The van der Waals surface area contributed by atoms with Crippen molar-refractivity contribution in [3.8, 4) is 0 Å². The maximum atomic E-state index is 9.67. The quantitative estimate of drug-likeness (QED) is 0.533. The van der Waals surface area contributed by atoms with Crippen LogP contribution >= 0.6 is 0 Å². The molecule has 0 aliphatic heterocycles. The Morgan fingerprint density at radius 3 is 1.62 bits per heavy atom. The Bertz CT molecular complexity index is 138. The number of unbranched alkanes of at least 4 members (excludes halogenated alkanes) is 3. The number of hydrogen-bond donors (Lipinski definition) is 2. The molecule has 0 radical (unpaired) electrons. The zero-order chi connectivity index (χ0) is 12.3. The third kappa shape index (κ3) is 6.49. The number of hydrogen-bond acceptors (Lipinski definition) is 2. The molecule has 0 rings (SSSR count). The van der Waals surface area contributed by atoms with Crippen LogP contribution in [0.1, 0.15) is 71.6 Å². The van der Waals surface area contributed by atoms with Crippen molar-refractivity contribution in [2.75, 3.05) is 13.2 Å². The topological polar surface area (TPSA) is 40.5 Å². The van der Waals surface area contributed by atoms with Gasteiger partial charge in [0.15, 0.2) is 0 Å². The Morgan fingerprint density at radius 2 is 1.25 bits per heavy atom. The number of rotatable bonds is 11. The normalized spacial score (nSPS) is 12.0. The summed E-state index contributed by atoms with van der Waals surface area (Å²) < 4.78 is 0. The molecule has 0 heterocycles. The van der Waals surface area contributed by atoms with Crippen molar-refractivity contribution in [1.82, 2.24) is 0 Å². The fraction of sp³-hybridized carbons (Fsp3) is 1.00. The molecular formula is C14H30O2. The summed E-state index contributed by atoms with van der Waals surface area (Å²) >= 11 is 0. The predicted octanol–water partition coefficient (Wildman–Crippen LogP) is 3.51. The molecule has 0 saturated carbocycles. The summed E-state index contributed by atoms with van der Waals surface area (Å²) in [6.07, 6.45) is 10.1. The summed E-state index contributed by atoms with van der Waals surface area (Å²) in [6.45, 7) is 5.01. The number of aliphatic hydroxyl groups is 2. The molecule has 0 atom stereocenters. The minimum absolute atomic E-state index is 0.140. The second kappa shape index (κ2) is 10.1. The molecule has 0 bridgehead atoms. The zero-order valence-corrected chi connectivity index (χ0v) is 11.2. The predicted molar refractivity (Wildman–Crippen MR) is 69.5 cm³/mol. The van der Waals surface area contributed by atoms with Crippen LogP contribution < -0.4 is 0 Å². The second-order valence-electron chi connectivity index (χ2n) is 5.05. The highest BCUT2D eigenvalue weighted by Crippen LogP contribution is 2.35. The Labute approximate surface area is 101 Å². The summed E-state index contributed by atoms with van der Waals surface area (Å²) in [5.41, 5.74) is 0.140. The Morgan fingerprint density at radius 1 is 0.750 bits per heavy atom. The molecular weight excluding hydrogens is 200 g/mol. The second-order valence-corrected chi connectivity index (χ2v) is 5.05. The van der Waals surface area contributed by atoms with Crippen LogP contribution in [0.3, 0.4) is 0 Å². The highest BCUT2D eigenvalue weighted by atomic mass is 16.3. The monoisotopic (exact) mass is 230 g/mol. The molecule has 16 heavy (non-hydrogen) atoms. The minimum Gasteiger partial charge on any atom is -0.396 e. The van der Waals surface area contributed by atoms with Crippen molar-refractivity contribution in [2.45, 2.75) is 71.6 Å². The lowest BCUT2D eigenvalue weighted by molar-refractivity contribution is 0.0853. The summed E-state index contributed by atoms with van der Waals surface area (Å²) in [6, 6.07) is 0. The van der Waals surface area contributed by atoms with E-state index < -0.39 is 0 Å². The van der Waals surface area contributed by atoms with Crippen molar-refractivity contribution in [3.05, 3.63) is 0 Å². The standard InChI is InChI=1S/C14H30O2/c1-3-5-9-14(13-16,10-6-4-2)11-7-8-12-15/h15-16H,3-13H2,1-2H3. The van der Waals surface area contributed by atoms with Gasteiger partial charge in [0.05, 0.1) is 0 Å². The van der Waals surface area contributed by atoms with Gasteiger partial charge in [0, 0.05) is 13.2 Å². The van der Waals surface area contributed by atoms with E-state index in [9.17, 15) is 5.11 Å². The van der Waals surface area contributed by atoms with E-state index in [-0.39, 0.29) is 12.0 Å². The Kier molecular flexibility index (Phi) is 10.0. The van der Waals surface area contributed by atoms with E-state index in [4.69, 9.17) is 5.11 Å². The zero-order valence-electron chi connectivity index (χ0n) is 11.2. The van der Waals surface area contributed by atoms with Crippen LogP contribution in [-0.2, 0) is 0 Å². The summed E-state index contributed by atoms with van der Waals surface area (Å²) in [4.78, 5) is 0. The Balaban J connectivity index is 4.16. The van der Waals surface area contributed by atoms with E-state index in [1.54, 1.807) is 0 Å². The molecule has 0 spiro atoms. The minimum atomic E-state index is 0.140. The van der Waals surface area contributed by atoms with Gasteiger partial charge in [-0.25, -0.2) is 0 Å². The Hall–Kier alpha value is -0.0800. The smallest absolute Gasteiger partial charge is 0.0487 e. The van der Waals surface area contributed by atoms with Gasteiger partial charge in [-0.3, -0.25) is 0 Å². The average molecular weight is 230 g/mol. The summed E-state index contributed by atoms with van der Waals surface area (Å²) in [5, 5.41) is 18.5. The first kappa shape index (κ1) is 15.9. The average Bonchev–Trinajstić information content (AvgIpc) is 2.32. The molecule has 0 aromatic carbocycles. The molecule has 2 N–H and O–H groups in total. The van der Waals surface area contributed by atoms with Gasteiger partial charge < -0.3 is 10.2 Å². The van der Waals surface area contributed by atoms with Crippen LogP contribution in [0.15, 0.2) is 0 Å². The van der Waals surface area contributed by atoms with Crippen LogP contribution in [0, 0.1) is 5.41 Å². The lowest BCUT2D eigenvalue weighted by Gasteiger charge is -2.32. The van der Waals surface area contributed by atoms with Crippen LogP contribution in [-0.4, -0.2) is 23.4 Å². The molecule has 0 unspecified atom stereocenters. The van der Waals surface area contributed by atoms with Crippen molar-refractivity contribution < 1.29 is 10.2 Å². The van der Waals surface area contributed by atoms with Gasteiger partial charge in [0.1, 0.15) is 0 Å². The van der Waals surface area contributed by atoms with Gasteiger partial charge >= 0.3 is 0 Å². The van der Waals surface area contributed by atoms with Crippen molar-refractivity contribution >= 4 is 0 Å². The van der Waals surface area contributed by atoms with E-state index in [0.29, 0.717) is 6.61 Å². The molecule has 0 aliphatic rings. The van der Waals surface area contributed by atoms with Gasteiger partial charge in [-0.05, 0) is 31.1 Å². The first-order chi connectivity index (χ1) is 7.74. The molecule has 2 nitrogen and oxygen atoms in total. The summed E-state index contributed by atoms with van der Waals surface area (Å²) in [7, 11) is 0. The summed E-state index contributed by atoms with van der Waals surface area (Å²) in [5.74, 6) is 0. The maximum absolute atomic E-state index is 9.67. The lowest BCUT2D eigenvalue weighted by Crippen LogP contribution is -2.25. The fourth-order valence-corrected chi connectivity index (χ4v) is 2.33. The highest BCUT2D eigenvalue weighted by molar-refractivity contribution is 4.78. The maximum Gasteiger partial charge on any atom is 0.0487 e. The molecule has 0 aliphatic carbocycles. The molecule has 0 fully saturated rings. The molecule has 0 aromatic rings. The van der Waals surface area contributed by atoms with Crippen molar-refractivity contribution in [3.63, 3.8) is 0 Å². The van der Waals surface area contributed by atoms with Crippen molar-refractivity contribution in [2.24, 2.45) is 5.41 Å². The molecule has 0 saturated heterocycles. The van der Waals surface area contributed by atoms with E-state index in [1.807, 2.05) is 0 Å². The fourth-order valence-electron chi connectivity index (χ4n) is 2.33. The van der Waals surface area contributed by atoms with E-state index in [0.717, 1.165) is 32.1 Å². The van der Waals surface area contributed by atoms with Gasteiger partial charge in [-0.2, -0.15) is 0 Å². The molecule has 2 heteroatoms. The van der Waals surface area contributed by atoms with Crippen LogP contribution in [0.25, 0.3) is 0 Å². The van der Waals surface area contributed by atoms with Gasteiger partial charge in [0.25, 0.3) is 0 Å². The van der Waals surface area contributed by atoms with Crippen LogP contribution in [0.5, 0.6) is 0 Å². The van der Waals surface area contributed by atoms with E-state index in [1.165, 1.54) is 25.7 Å². The van der Waals surface area contributed by atoms with Gasteiger partial charge in [0.2, 0.25) is 0 Å². The van der Waals surface area contributed by atoms with E-state index >= 15 is 0 Å². The van der Waals surface area contributed by atoms with Crippen LogP contribution in [0.4, 0.5) is 0 Å². The highest BCUT2D eigenvalue weighted by Gasteiger charge is 2.27. The van der Waals surface area contributed by atoms with Crippen LogP contribution in [0.2, 0.25) is 0 Å². The SMILES string of the molecule is CCCCC(CO)(CCCC)CCCCO. The van der Waals surface area contributed by atoms with Gasteiger partial charge in [-0.1, -0.05) is 46.0 Å². The molecule has 0 amide bonds. The first-order valence-electron chi connectivity index (χ1n) is 6.96. The largest absolute Gasteiger partial charge is 0.396 e.